The first-order chi connectivity index (χ1) is 11.6. The number of halogens is 1. The Labute approximate surface area is 144 Å². The van der Waals surface area contributed by atoms with Gasteiger partial charge in [-0.3, -0.25) is 9.59 Å². The molecule has 5 heteroatoms. The molecule has 0 bridgehead atoms. The van der Waals surface area contributed by atoms with Gasteiger partial charge >= 0.3 is 0 Å². The van der Waals surface area contributed by atoms with Crippen LogP contribution in [0.5, 0.6) is 0 Å². The van der Waals surface area contributed by atoms with E-state index in [0.29, 0.717) is 5.56 Å². The van der Waals surface area contributed by atoms with Crippen molar-refractivity contribution >= 4 is 23.5 Å². The molecule has 3 nitrogen and oxygen atoms in total. The lowest BCUT2D eigenvalue weighted by Crippen LogP contribution is -2.28. The summed E-state index contributed by atoms with van der Waals surface area (Å²) in [5.41, 5.74) is 1.59. The van der Waals surface area contributed by atoms with Crippen molar-refractivity contribution in [3.05, 3.63) is 71.5 Å². The summed E-state index contributed by atoms with van der Waals surface area (Å²) in [5.74, 6) is 0.433. The van der Waals surface area contributed by atoms with Crippen LogP contribution in [0.2, 0.25) is 0 Å². The quantitative estimate of drug-likeness (QED) is 0.784. The fraction of sp³-hybridized carbons (Fsp3) is 0.263. The molecule has 0 aliphatic heterocycles. The lowest BCUT2D eigenvalue weighted by molar-refractivity contribution is -0.118. The van der Waals surface area contributed by atoms with E-state index in [-0.39, 0.29) is 41.0 Å². The van der Waals surface area contributed by atoms with Crippen LogP contribution in [0.1, 0.15) is 28.3 Å². The van der Waals surface area contributed by atoms with Crippen LogP contribution in [0.25, 0.3) is 0 Å². The van der Waals surface area contributed by atoms with Gasteiger partial charge in [-0.25, -0.2) is 4.39 Å². The van der Waals surface area contributed by atoms with Gasteiger partial charge in [-0.05, 0) is 24.1 Å². The van der Waals surface area contributed by atoms with Gasteiger partial charge in [0.25, 0.3) is 0 Å². The van der Waals surface area contributed by atoms with Gasteiger partial charge in [0.05, 0.1) is 11.5 Å². The van der Waals surface area contributed by atoms with Crippen LogP contribution in [0.3, 0.4) is 0 Å². The number of Topliss-reactive ketones (excluding diaryl/α,β-unsaturated/α-hetero) is 1. The Kier molecular flexibility index (Phi) is 5.30. The predicted molar refractivity (Wildman–Crippen MR) is 93.8 cm³/mol. The molecular formula is C19H18FNO2S. The van der Waals surface area contributed by atoms with E-state index in [0.717, 1.165) is 12.0 Å². The van der Waals surface area contributed by atoms with Crippen molar-refractivity contribution in [2.24, 2.45) is 0 Å². The van der Waals surface area contributed by atoms with Crippen LogP contribution in [-0.2, 0) is 4.79 Å². The van der Waals surface area contributed by atoms with E-state index in [1.807, 2.05) is 24.3 Å². The molecule has 3 rings (SSSR count). The lowest BCUT2D eigenvalue weighted by atomic mass is 10.1. The number of thioether (sulfide) groups is 1. The summed E-state index contributed by atoms with van der Waals surface area (Å²) in [5, 5.41) is 2.94. The summed E-state index contributed by atoms with van der Waals surface area (Å²) >= 11 is 1.31. The summed E-state index contributed by atoms with van der Waals surface area (Å²) in [6.45, 7) is 0. The zero-order valence-corrected chi connectivity index (χ0v) is 13.9. The van der Waals surface area contributed by atoms with Gasteiger partial charge in [0.15, 0.2) is 5.78 Å². The molecule has 1 amide bonds. The highest BCUT2D eigenvalue weighted by Gasteiger charge is 2.39. The van der Waals surface area contributed by atoms with Crippen molar-refractivity contribution in [1.29, 1.82) is 0 Å². The van der Waals surface area contributed by atoms with E-state index in [1.54, 1.807) is 18.2 Å². The van der Waals surface area contributed by atoms with Crippen molar-refractivity contribution in [1.82, 2.24) is 5.32 Å². The molecule has 0 heterocycles. The van der Waals surface area contributed by atoms with Crippen LogP contribution in [-0.4, -0.2) is 29.2 Å². The number of rotatable bonds is 7. The first kappa shape index (κ1) is 16.7. The summed E-state index contributed by atoms with van der Waals surface area (Å²) in [6, 6.07) is 15.6. The Hall–Kier alpha value is -2.14. The maximum absolute atomic E-state index is 13.2. The minimum absolute atomic E-state index is 0.0254. The van der Waals surface area contributed by atoms with Gasteiger partial charge in [-0.1, -0.05) is 42.5 Å². The van der Waals surface area contributed by atoms with Gasteiger partial charge in [0.2, 0.25) is 5.91 Å². The second kappa shape index (κ2) is 7.62. The second-order valence-corrected chi connectivity index (χ2v) is 6.84. The van der Waals surface area contributed by atoms with E-state index in [9.17, 15) is 14.0 Å². The van der Waals surface area contributed by atoms with E-state index in [2.05, 4.69) is 5.32 Å². The van der Waals surface area contributed by atoms with Gasteiger partial charge in [-0.2, -0.15) is 0 Å². The molecule has 1 saturated carbocycles. The highest BCUT2D eigenvalue weighted by Crippen LogP contribution is 2.40. The van der Waals surface area contributed by atoms with Crippen molar-refractivity contribution in [3.8, 4) is 0 Å². The minimum atomic E-state index is -0.251. The lowest BCUT2D eigenvalue weighted by Gasteiger charge is -2.05. The normalized spacial score (nSPS) is 18.9. The number of carbonyl (C=O) groups is 2. The SMILES string of the molecule is O=C(CSCC(=O)c1ccccc1)NC1CC1c1cccc(F)c1. The molecule has 1 aliphatic rings. The van der Waals surface area contributed by atoms with Gasteiger partial charge in [0.1, 0.15) is 5.82 Å². The third-order valence-electron chi connectivity index (χ3n) is 3.98. The van der Waals surface area contributed by atoms with Crippen molar-refractivity contribution in [2.75, 3.05) is 11.5 Å². The minimum Gasteiger partial charge on any atom is -0.352 e. The zero-order chi connectivity index (χ0) is 16.9. The molecule has 0 saturated heterocycles. The van der Waals surface area contributed by atoms with E-state index >= 15 is 0 Å². The molecule has 0 radical (unpaired) electrons. The van der Waals surface area contributed by atoms with E-state index in [4.69, 9.17) is 0 Å². The molecule has 1 fully saturated rings. The standard InChI is InChI=1S/C19H18FNO2S/c20-15-8-4-7-14(9-15)16-10-17(16)21-19(23)12-24-11-18(22)13-5-2-1-3-6-13/h1-9,16-17H,10-12H2,(H,21,23). The Morgan fingerprint density at radius 1 is 1.08 bits per heavy atom. The average molecular weight is 343 g/mol. The maximum Gasteiger partial charge on any atom is 0.230 e. The molecule has 124 valence electrons. The number of ketones is 1. The van der Waals surface area contributed by atoms with E-state index in [1.165, 1.54) is 23.9 Å². The van der Waals surface area contributed by atoms with Gasteiger partial charge < -0.3 is 5.32 Å². The molecule has 2 unspecified atom stereocenters. The van der Waals surface area contributed by atoms with Crippen LogP contribution in [0.4, 0.5) is 4.39 Å². The highest BCUT2D eigenvalue weighted by atomic mass is 32.2. The smallest absolute Gasteiger partial charge is 0.230 e. The number of hydrogen-bond donors (Lipinski definition) is 1. The zero-order valence-electron chi connectivity index (χ0n) is 13.1. The van der Waals surface area contributed by atoms with Crippen LogP contribution in [0.15, 0.2) is 54.6 Å². The van der Waals surface area contributed by atoms with Crippen LogP contribution >= 0.6 is 11.8 Å². The summed E-state index contributed by atoms with van der Waals surface area (Å²) in [6.07, 6.45) is 0.836. The van der Waals surface area contributed by atoms with Crippen molar-refractivity contribution in [3.63, 3.8) is 0 Å². The molecule has 2 aromatic rings. The Balaban J connectivity index is 1.39. The monoisotopic (exact) mass is 343 g/mol. The van der Waals surface area contributed by atoms with Crippen LogP contribution < -0.4 is 5.32 Å². The van der Waals surface area contributed by atoms with Crippen LogP contribution in [0, 0.1) is 5.82 Å². The van der Waals surface area contributed by atoms with Gasteiger partial charge in [0, 0.05) is 17.5 Å². The Morgan fingerprint density at radius 3 is 2.62 bits per heavy atom. The summed E-state index contributed by atoms with van der Waals surface area (Å²) < 4.78 is 13.2. The number of carbonyl (C=O) groups excluding carboxylic acids is 2. The highest BCUT2D eigenvalue weighted by molar-refractivity contribution is 8.00. The molecule has 2 aromatic carbocycles. The molecule has 24 heavy (non-hydrogen) atoms. The average Bonchev–Trinajstić information content (AvgIpc) is 3.34. The molecule has 1 aliphatic carbocycles. The fourth-order valence-electron chi connectivity index (χ4n) is 2.65. The Morgan fingerprint density at radius 2 is 1.88 bits per heavy atom. The number of nitrogens with one attached hydrogen (secondary N) is 1. The molecular weight excluding hydrogens is 325 g/mol. The first-order valence-corrected chi connectivity index (χ1v) is 9.00. The maximum atomic E-state index is 13.2. The summed E-state index contributed by atoms with van der Waals surface area (Å²) in [4.78, 5) is 23.9. The van der Waals surface area contributed by atoms with E-state index < -0.39 is 0 Å². The van der Waals surface area contributed by atoms with Gasteiger partial charge in [-0.15, -0.1) is 11.8 Å². The Bertz CT molecular complexity index is 735. The van der Waals surface area contributed by atoms with Crippen molar-refractivity contribution < 1.29 is 14.0 Å². The third-order valence-corrected chi connectivity index (χ3v) is 4.91. The number of benzene rings is 2. The number of hydrogen-bond acceptors (Lipinski definition) is 3. The molecule has 1 N–H and O–H groups in total. The molecule has 0 aromatic heterocycles. The second-order valence-electron chi connectivity index (χ2n) is 5.85. The molecule has 0 spiro atoms. The molecule has 2 atom stereocenters. The largest absolute Gasteiger partial charge is 0.352 e. The predicted octanol–water partition coefficient (Wildman–Crippen LogP) is 3.41. The fourth-order valence-corrected chi connectivity index (χ4v) is 3.38. The summed E-state index contributed by atoms with van der Waals surface area (Å²) in [7, 11) is 0. The van der Waals surface area contributed by atoms with Crippen molar-refractivity contribution in [2.45, 2.75) is 18.4 Å². The number of amides is 1. The first-order valence-electron chi connectivity index (χ1n) is 7.84. The topological polar surface area (TPSA) is 46.2 Å². The third kappa shape index (κ3) is 4.45.